The molecule has 0 spiro atoms. The van der Waals surface area contributed by atoms with E-state index >= 15 is 0 Å². The van der Waals surface area contributed by atoms with Crippen LogP contribution in [0.15, 0.2) is 47.3 Å². The summed E-state index contributed by atoms with van der Waals surface area (Å²) in [6, 6.07) is 13.2. The van der Waals surface area contributed by atoms with Crippen LogP contribution in [0.1, 0.15) is 11.1 Å². The molecule has 0 unspecified atom stereocenters. The van der Waals surface area contributed by atoms with Crippen molar-refractivity contribution in [1.82, 2.24) is 9.13 Å². The number of nitrogens with zero attached hydrogens (tertiary/aromatic N) is 2. The van der Waals surface area contributed by atoms with E-state index in [1.54, 1.807) is 11.6 Å². The van der Waals surface area contributed by atoms with Crippen molar-refractivity contribution in [3.63, 3.8) is 0 Å². The van der Waals surface area contributed by atoms with Gasteiger partial charge in [0.25, 0.3) is 0 Å². The molecule has 0 aliphatic carbocycles. The monoisotopic (exact) mass is 309 g/mol. The minimum Gasteiger partial charge on any atom is -0.324 e. The van der Waals surface area contributed by atoms with E-state index in [-0.39, 0.29) is 18.1 Å². The van der Waals surface area contributed by atoms with Crippen molar-refractivity contribution < 1.29 is 4.79 Å². The van der Waals surface area contributed by atoms with Gasteiger partial charge in [0.05, 0.1) is 11.0 Å². The van der Waals surface area contributed by atoms with Crippen molar-refractivity contribution in [2.75, 3.05) is 5.32 Å². The predicted octanol–water partition coefficient (Wildman–Crippen LogP) is 2.60. The predicted molar refractivity (Wildman–Crippen MR) is 91.7 cm³/mol. The maximum atomic E-state index is 12.4. The summed E-state index contributed by atoms with van der Waals surface area (Å²) in [6.07, 6.45) is 0. The van der Waals surface area contributed by atoms with E-state index < -0.39 is 0 Å². The Labute approximate surface area is 134 Å². The van der Waals surface area contributed by atoms with Crippen LogP contribution < -0.4 is 11.0 Å². The van der Waals surface area contributed by atoms with Crippen LogP contribution in [-0.4, -0.2) is 15.0 Å². The number of aryl methyl sites for hydroxylation is 2. The summed E-state index contributed by atoms with van der Waals surface area (Å²) < 4.78 is 3.05. The fourth-order valence-corrected chi connectivity index (χ4v) is 2.74. The summed E-state index contributed by atoms with van der Waals surface area (Å²) in [6.45, 7) is 3.96. The molecular formula is C18H19N3O2. The van der Waals surface area contributed by atoms with E-state index in [2.05, 4.69) is 5.32 Å². The lowest BCUT2D eigenvalue weighted by Gasteiger charge is -2.10. The second-order valence-corrected chi connectivity index (χ2v) is 5.71. The van der Waals surface area contributed by atoms with E-state index in [0.717, 1.165) is 27.8 Å². The third-order valence-corrected chi connectivity index (χ3v) is 4.23. The van der Waals surface area contributed by atoms with Crippen molar-refractivity contribution in [3.05, 3.63) is 64.1 Å². The Hall–Kier alpha value is -2.82. The zero-order valence-electron chi connectivity index (χ0n) is 13.5. The van der Waals surface area contributed by atoms with Gasteiger partial charge < -0.3 is 5.32 Å². The first kappa shape index (κ1) is 15.1. The summed E-state index contributed by atoms with van der Waals surface area (Å²) in [4.78, 5) is 24.7. The van der Waals surface area contributed by atoms with Crippen LogP contribution in [0.4, 0.5) is 5.69 Å². The second kappa shape index (κ2) is 5.76. The van der Waals surface area contributed by atoms with Gasteiger partial charge in [-0.25, -0.2) is 4.79 Å². The third kappa shape index (κ3) is 2.65. The average molecular weight is 309 g/mol. The Morgan fingerprint density at radius 2 is 1.74 bits per heavy atom. The number of hydrogen-bond acceptors (Lipinski definition) is 2. The average Bonchev–Trinajstić information content (AvgIpc) is 2.77. The Bertz CT molecular complexity index is 951. The van der Waals surface area contributed by atoms with E-state index in [0.29, 0.717) is 0 Å². The van der Waals surface area contributed by atoms with Crippen LogP contribution in [0.25, 0.3) is 11.0 Å². The Kier molecular flexibility index (Phi) is 3.78. The molecule has 0 saturated carbocycles. The van der Waals surface area contributed by atoms with Gasteiger partial charge in [-0.15, -0.1) is 0 Å². The van der Waals surface area contributed by atoms with E-state index in [1.165, 1.54) is 4.57 Å². The molecule has 5 nitrogen and oxygen atoms in total. The van der Waals surface area contributed by atoms with Crippen molar-refractivity contribution in [3.8, 4) is 0 Å². The molecule has 3 aromatic rings. The van der Waals surface area contributed by atoms with Crippen LogP contribution in [0.5, 0.6) is 0 Å². The van der Waals surface area contributed by atoms with Crippen molar-refractivity contribution >= 4 is 22.6 Å². The molecule has 1 amide bonds. The Morgan fingerprint density at radius 1 is 1.04 bits per heavy atom. The minimum absolute atomic E-state index is 0.00638. The van der Waals surface area contributed by atoms with Crippen molar-refractivity contribution in [1.29, 1.82) is 0 Å². The van der Waals surface area contributed by atoms with Gasteiger partial charge in [-0.2, -0.15) is 0 Å². The summed E-state index contributed by atoms with van der Waals surface area (Å²) in [7, 11) is 1.71. The number of nitrogens with one attached hydrogen (secondary N) is 1. The number of carbonyl (C=O) groups excluding carboxylic acids is 1. The van der Waals surface area contributed by atoms with Crippen LogP contribution >= 0.6 is 0 Å². The highest BCUT2D eigenvalue weighted by Gasteiger charge is 2.14. The standard InChI is InChI=1S/C18H19N3O2/c1-12-7-6-8-14(13(12)2)19-17(22)11-21-16-10-5-4-9-15(16)20(3)18(21)23/h4-10H,11H2,1-3H3,(H,19,22). The molecule has 2 aromatic carbocycles. The summed E-state index contributed by atoms with van der Waals surface area (Å²) >= 11 is 0. The number of aromatic nitrogens is 2. The fourth-order valence-electron chi connectivity index (χ4n) is 2.74. The SMILES string of the molecule is Cc1cccc(NC(=O)Cn2c(=O)n(C)c3ccccc32)c1C. The molecule has 5 heteroatoms. The molecule has 1 aromatic heterocycles. The molecule has 118 valence electrons. The molecule has 0 bridgehead atoms. The largest absolute Gasteiger partial charge is 0.329 e. The number of anilines is 1. The first-order valence-corrected chi connectivity index (χ1v) is 7.49. The van der Waals surface area contributed by atoms with Crippen LogP contribution in [0.2, 0.25) is 0 Å². The van der Waals surface area contributed by atoms with Gasteiger partial charge in [0.2, 0.25) is 5.91 Å². The van der Waals surface area contributed by atoms with Crippen molar-refractivity contribution in [2.45, 2.75) is 20.4 Å². The number of amides is 1. The van der Waals surface area contributed by atoms with Gasteiger partial charge in [0.15, 0.2) is 0 Å². The molecule has 3 rings (SSSR count). The van der Waals surface area contributed by atoms with Gasteiger partial charge in [-0.1, -0.05) is 24.3 Å². The number of rotatable bonds is 3. The lowest BCUT2D eigenvalue weighted by atomic mass is 10.1. The lowest BCUT2D eigenvalue weighted by Crippen LogP contribution is -2.28. The highest BCUT2D eigenvalue weighted by molar-refractivity contribution is 5.92. The van der Waals surface area contributed by atoms with Gasteiger partial charge in [-0.05, 0) is 43.2 Å². The number of benzene rings is 2. The molecule has 0 saturated heterocycles. The minimum atomic E-state index is -0.211. The van der Waals surface area contributed by atoms with Crippen molar-refractivity contribution in [2.24, 2.45) is 7.05 Å². The lowest BCUT2D eigenvalue weighted by molar-refractivity contribution is -0.116. The number of carbonyl (C=O) groups is 1. The maximum Gasteiger partial charge on any atom is 0.329 e. The molecule has 23 heavy (non-hydrogen) atoms. The van der Waals surface area contributed by atoms with Crippen LogP contribution in [0.3, 0.4) is 0 Å². The second-order valence-electron chi connectivity index (χ2n) is 5.71. The highest BCUT2D eigenvalue weighted by atomic mass is 16.2. The first-order chi connectivity index (χ1) is 11.0. The summed E-state index contributed by atoms with van der Waals surface area (Å²) in [5, 5.41) is 2.89. The molecule has 0 aliphatic heterocycles. The summed E-state index contributed by atoms with van der Waals surface area (Å²) in [5.41, 5.74) is 4.31. The number of para-hydroxylation sites is 2. The molecule has 1 N–H and O–H groups in total. The topological polar surface area (TPSA) is 56.0 Å². The fraction of sp³-hybridized carbons (Fsp3) is 0.222. The zero-order valence-corrected chi connectivity index (χ0v) is 13.5. The third-order valence-electron chi connectivity index (χ3n) is 4.23. The molecular weight excluding hydrogens is 290 g/mol. The number of hydrogen-bond donors (Lipinski definition) is 1. The van der Waals surface area contributed by atoms with Gasteiger partial charge in [-0.3, -0.25) is 13.9 Å². The van der Waals surface area contributed by atoms with Gasteiger partial charge in [0.1, 0.15) is 6.54 Å². The maximum absolute atomic E-state index is 12.4. The number of fused-ring (bicyclic) bond motifs is 1. The first-order valence-electron chi connectivity index (χ1n) is 7.49. The quantitative estimate of drug-likeness (QED) is 0.808. The summed E-state index contributed by atoms with van der Waals surface area (Å²) in [5.74, 6) is -0.211. The normalized spacial score (nSPS) is 10.9. The van der Waals surface area contributed by atoms with Gasteiger partial charge >= 0.3 is 5.69 Å². The van der Waals surface area contributed by atoms with Gasteiger partial charge in [0, 0.05) is 12.7 Å². The highest BCUT2D eigenvalue weighted by Crippen LogP contribution is 2.18. The molecule has 0 atom stereocenters. The van der Waals surface area contributed by atoms with Crippen LogP contribution in [0, 0.1) is 13.8 Å². The zero-order chi connectivity index (χ0) is 16.6. The number of imidazole rings is 1. The Balaban J connectivity index is 1.91. The van der Waals surface area contributed by atoms with E-state index in [9.17, 15) is 9.59 Å². The molecule has 0 fully saturated rings. The van der Waals surface area contributed by atoms with E-state index in [1.807, 2.05) is 56.3 Å². The smallest absolute Gasteiger partial charge is 0.324 e. The molecule has 1 heterocycles. The van der Waals surface area contributed by atoms with E-state index in [4.69, 9.17) is 0 Å². The van der Waals surface area contributed by atoms with Crippen LogP contribution in [-0.2, 0) is 18.4 Å². The Morgan fingerprint density at radius 3 is 2.48 bits per heavy atom. The molecule has 0 aliphatic rings. The molecule has 0 radical (unpaired) electrons.